The molecule has 0 radical (unpaired) electrons. The quantitative estimate of drug-likeness (QED) is 0.873. The third-order valence-corrected chi connectivity index (χ3v) is 3.58. The molecule has 0 aliphatic heterocycles. The molecule has 2 amide bonds. The molecule has 102 valence electrons. The van der Waals surface area contributed by atoms with Crippen molar-refractivity contribution in [1.82, 2.24) is 10.2 Å². The Hall–Kier alpha value is -1.84. The first-order valence-corrected chi connectivity index (χ1v) is 6.72. The van der Waals surface area contributed by atoms with Crippen molar-refractivity contribution in [2.75, 3.05) is 13.6 Å². The molecule has 0 atom stereocenters. The van der Waals surface area contributed by atoms with Crippen molar-refractivity contribution in [1.29, 1.82) is 0 Å². The second kappa shape index (κ2) is 6.36. The summed E-state index contributed by atoms with van der Waals surface area (Å²) < 4.78 is 0. The van der Waals surface area contributed by atoms with Gasteiger partial charge in [-0.3, -0.25) is 9.59 Å². The maximum Gasteiger partial charge on any atom is 0.242 e. The minimum Gasteiger partial charge on any atom is -0.347 e. The molecular formula is C15H20N2O2. The highest BCUT2D eigenvalue weighted by Gasteiger charge is 2.25. The molecule has 1 saturated carbocycles. The number of carbonyl (C=O) groups is 2. The Morgan fingerprint density at radius 3 is 2.53 bits per heavy atom. The van der Waals surface area contributed by atoms with Gasteiger partial charge in [-0.25, -0.2) is 0 Å². The van der Waals surface area contributed by atoms with Crippen molar-refractivity contribution in [3.05, 3.63) is 35.9 Å². The molecular weight excluding hydrogens is 240 g/mol. The first-order chi connectivity index (χ1) is 9.16. The zero-order valence-corrected chi connectivity index (χ0v) is 11.3. The zero-order chi connectivity index (χ0) is 13.7. The molecule has 2 rings (SSSR count). The van der Waals surface area contributed by atoms with Gasteiger partial charge in [0.25, 0.3) is 0 Å². The summed E-state index contributed by atoms with van der Waals surface area (Å²) in [5.74, 6) is 0.0940. The average Bonchev–Trinajstić information content (AvgIpc) is 2.35. The molecule has 0 unspecified atom stereocenters. The monoisotopic (exact) mass is 260 g/mol. The molecule has 1 N–H and O–H groups in total. The van der Waals surface area contributed by atoms with Crippen LogP contribution >= 0.6 is 0 Å². The molecule has 1 fully saturated rings. The van der Waals surface area contributed by atoms with E-state index in [-0.39, 0.29) is 24.3 Å². The third-order valence-electron chi connectivity index (χ3n) is 3.58. The van der Waals surface area contributed by atoms with E-state index in [0.717, 1.165) is 24.8 Å². The molecule has 1 aliphatic rings. The van der Waals surface area contributed by atoms with Gasteiger partial charge in [-0.15, -0.1) is 0 Å². The van der Waals surface area contributed by atoms with Gasteiger partial charge in [0.1, 0.15) is 0 Å². The van der Waals surface area contributed by atoms with Gasteiger partial charge in [0.2, 0.25) is 11.8 Å². The van der Waals surface area contributed by atoms with Crippen LogP contribution in [0, 0.1) is 5.92 Å². The second-order valence-electron chi connectivity index (χ2n) is 5.08. The van der Waals surface area contributed by atoms with Crippen LogP contribution in [0.15, 0.2) is 30.3 Å². The normalized spacial score (nSPS) is 14.6. The van der Waals surface area contributed by atoms with Gasteiger partial charge < -0.3 is 10.2 Å². The maximum absolute atomic E-state index is 11.9. The number of carbonyl (C=O) groups excluding carboxylic acids is 2. The van der Waals surface area contributed by atoms with Crippen LogP contribution in [0.3, 0.4) is 0 Å². The largest absolute Gasteiger partial charge is 0.347 e. The standard InChI is InChI=1S/C15H20N2O2/c1-17(11-12-6-3-2-4-7-12)14(18)10-16-15(19)13-8-5-9-13/h2-4,6-7,13H,5,8-11H2,1H3,(H,16,19). The van der Waals surface area contributed by atoms with Crippen LogP contribution < -0.4 is 5.32 Å². The first-order valence-electron chi connectivity index (χ1n) is 6.72. The van der Waals surface area contributed by atoms with Crippen LogP contribution in [0.25, 0.3) is 0 Å². The number of hydrogen-bond acceptors (Lipinski definition) is 2. The molecule has 4 nitrogen and oxygen atoms in total. The Balaban J connectivity index is 1.74. The molecule has 4 heteroatoms. The zero-order valence-electron chi connectivity index (χ0n) is 11.3. The van der Waals surface area contributed by atoms with E-state index in [1.54, 1.807) is 11.9 Å². The number of nitrogens with zero attached hydrogens (tertiary/aromatic N) is 1. The summed E-state index contributed by atoms with van der Waals surface area (Å²) in [5, 5.41) is 2.72. The van der Waals surface area contributed by atoms with E-state index < -0.39 is 0 Å². The summed E-state index contributed by atoms with van der Waals surface area (Å²) >= 11 is 0. The third kappa shape index (κ3) is 3.81. The number of benzene rings is 1. The Bertz CT molecular complexity index is 441. The van der Waals surface area contributed by atoms with E-state index in [4.69, 9.17) is 0 Å². The Morgan fingerprint density at radius 2 is 1.95 bits per heavy atom. The van der Waals surface area contributed by atoms with Crippen molar-refractivity contribution < 1.29 is 9.59 Å². The van der Waals surface area contributed by atoms with Gasteiger partial charge in [0.05, 0.1) is 6.54 Å². The van der Waals surface area contributed by atoms with Crippen molar-refractivity contribution in [3.63, 3.8) is 0 Å². The van der Waals surface area contributed by atoms with Crippen LogP contribution in [-0.4, -0.2) is 30.3 Å². The van der Waals surface area contributed by atoms with E-state index in [0.29, 0.717) is 6.54 Å². The Kier molecular flexibility index (Phi) is 4.55. The number of amides is 2. The second-order valence-corrected chi connectivity index (χ2v) is 5.08. The van der Waals surface area contributed by atoms with Crippen molar-refractivity contribution in [3.8, 4) is 0 Å². The first kappa shape index (κ1) is 13.6. The Labute approximate surface area is 113 Å². The van der Waals surface area contributed by atoms with Crippen molar-refractivity contribution in [2.45, 2.75) is 25.8 Å². The van der Waals surface area contributed by atoms with E-state index in [1.807, 2.05) is 30.3 Å². The summed E-state index contributed by atoms with van der Waals surface area (Å²) in [6.07, 6.45) is 3.04. The van der Waals surface area contributed by atoms with Gasteiger partial charge in [0, 0.05) is 19.5 Å². The molecule has 19 heavy (non-hydrogen) atoms. The van der Waals surface area contributed by atoms with Gasteiger partial charge >= 0.3 is 0 Å². The van der Waals surface area contributed by atoms with Gasteiger partial charge in [-0.2, -0.15) is 0 Å². The van der Waals surface area contributed by atoms with E-state index in [9.17, 15) is 9.59 Å². The van der Waals surface area contributed by atoms with Crippen LogP contribution in [0.5, 0.6) is 0 Å². The number of nitrogens with one attached hydrogen (secondary N) is 1. The molecule has 0 aromatic heterocycles. The highest BCUT2D eigenvalue weighted by molar-refractivity contribution is 5.86. The fraction of sp³-hybridized carbons (Fsp3) is 0.467. The Morgan fingerprint density at radius 1 is 1.26 bits per heavy atom. The van der Waals surface area contributed by atoms with Crippen molar-refractivity contribution in [2.24, 2.45) is 5.92 Å². The molecule has 1 aliphatic carbocycles. The maximum atomic E-state index is 11.9. The lowest BCUT2D eigenvalue weighted by molar-refractivity contribution is -0.134. The molecule has 0 heterocycles. The lowest BCUT2D eigenvalue weighted by atomic mass is 9.85. The fourth-order valence-electron chi connectivity index (χ4n) is 2.06. The molecule has 1 aromatic rings. The minimum atomic E-state index is -0.0588. The predicted octanol–water partition coefficient (Wildman–Crippen LogP) is 1.56. The molecule has 1 aromatic carbocycles. The lowest BCUT2D eigenvalue weighted by Gasteiger charge is -2.24. The van der Waals surface area contributed by atoms with Gasteiger partial charge in [0.15, 0.2) is 0 Å². The van der Waals surface area contributed by atoms with Crippen molar-refractivity contribution >= 4 is 11.8 Å². The number of hydrogen-bond donors (Lipinski definition) is 1. The molecule has 0 bridgehead atoms. The van der Waals surface area contributed by atoms with Gasteiger partial charge in [-0.1, -0.05) is 36.8 Å². The fourth-order valence-corrected chi connectivity index (χ4v) is 2.06. The summed E-state index contributed by atoms with van der Waals surface area (Å²) in [5.41, 5.74) is 1.09. The molecule has 0 spiro atoms. The SMILES string of the molecule is CN(Cc1ccccc1)C(=O)CNC(=O)C1CCC1. The molecule has 0 saturated heterocycles. The predicted molar refractivity (Wildman–Crippen MR) is 73.3 cm³/mol. The summed E-state index contributed by atoms with van der Waals surface area (Å²) in [7, 11) is 1.75. The summed E-state index contributed by atoms with van der Waals surface area (Å²) in [6, 6.07) is 9.82. The minimum absolute atomic E-state index is 0.0210. The highest BCUT2D eigenvalue weighted by atomic mass is 16.2. The smallest absolute Gasteiger partial charge is 0.242 e. The van der Waals surface area contributed by atoms with E-state index >= 15 is 0 Å². The van der Waals surface area contributed by atoms with Crippen LogP contribution in [0.2, 0.25) is 0 Å². The van der Waals surface area contributed by atoms with Crippen LogP contribution in [0.1, 0.15) is 24.8 Å². The number of likely N-dealkylation sites (N-methyl/N-ethyl adjacent to an activating group) is 1. The van der Waals surface area contributed by atoms with E-state index in [1.165, 1.54) is 0 Å². The lowest BCUT2D eigenvalue weighted by Crippen LogP contribution is -2.41. The van der Waals surface area contributed by atoms with Crippen LogP contribution in [0.4, 0.5) is 0 Å². The van der Waals surface area contributed by atoms with E-state index in [2.05, 4.69) is 5.32 Å². The topological polar surface area (TPSA) is 49.4 Å². The van der Waals surface area contributed by atoms with Gasteiger partial charge in [-0.05, 0) is 18.4 Å². The average molecular weight is 260 g/mol. The number of rotatable bonds is 5. The summed E-state index contributed by atoms with van der Waals surface area (Å²) in [6.45, 7) is 0.664. The highest BCUT2D eigenvalue weighted by Crippen LogP contribution is 2.25. The summed E-state index contributed by atoms with van der Waals surface area (Å²) in [4.78, 5) is 25.2. The van der Waals surface area contributed by atoms with Crippen LogP contribution in [-0.2, 0) is 16.1 Å².